The zero-order valence-electron chi connectivity index (χ0n) is 13.5. The first-order chi connectivity index (χ1) is 11.2. The van der Waals surface area contributed by atoms with Crippen LogP contribution in [0.5, 0.6) is 0 Å². The van der Waals surface area contributed by atoms with Crippen LogP contribution < -0.4 is 4.31 Å². The molecule has 2 rings (SSSR count). The molecule has 0 saturated carbocycles. The van der Waals surface area contributed by atoms with Crippen molar-refractivity contribution in [1.82, 2.24) is 0 Å². The summed E-state index contributed by atoms with van der Waals surface area (Å²) in [5, 5.41) is 0. The summed E-state index contributed by atoms with van der Waals surface area (Å²) in [5.41, 5.74) is 0.913. The molecule has 126 valence electrons. The molecule has 0 amide bonds. The van der Waals surface area contributed by atoms with E-state index in [-0.39, 0.29) is 22.6 Å². The number of ketones is 1. The molecule has 0 radical (unpaired) electrons. The maximum Gasteiger partial charge on any atom is 0.337 e. The molecule has 7 heteroatoms. The molecule has 0 N–H and O–H groups in total. The summed E-state index contributed by atoms with van der Waals surface area (Å²) in [6.45, 7) is 1.34. The third-order valence-electron chi connectivity index (χ3n) is 3.30. The minimum atomic E-state index is -3.69. The van der Waals surface area contributed by atoms with Crippen molar-refractivity contribution in [1.29, 1.82) is 0 Å². The second-order valence-corrected chi connectivity index (χ2v) is 7.01. The van der Waals surface area contributed by atoms with Crippen LogP contribution >= 0.6 is 0 Å². The van der Waals surface area contributed by atoms with Gasteiger partial charge in [0.05, 0.1) is 30.3 Å². The van der Waals surface area contributed by atoms with E-state index in [1.54, 1.807) is 30.3 Å². The maximum absolute atomic E-state index is 12.3. The number of para-hydroxylation sites is 1. The van der Waals surface area contributed by atoms with Crippen LogP contribution in [-0.4, -0.2) is 33.5 Å². The van der Waals surface area contributed by atoms with E-state index in [1.165, 1.54) is 32.2 Å². The Morgan fingerprint density at radius 1 is 0.958 bits per heavy atom. The molecule has 0 spiro atoms. The summed E-state index contributed by atoms with van der Waals surface area (Å²) in [6, 6.07) is 12.6. The summed E-state index contributed by atoms with van der Waals surface area (Å²) in [7, 11) is -2.48. The molecule has 0 saturated heterocycles. The van der Waals surface area contributed by atoms with Gasteiger partial charge in [-0.1, -0.05) is 18.2 Å². The van der Waals surface area contributed by atoms with Gasteiger partial charge >= 0.3 is 5.97 Å². The molecule has 2 aromatic carbocycles. The van der Waals surface area contributed by atoms with E-state index >= 15 is 0 Å². The van der Waals surface area contributed by atoms with Crippen molar-refractivity contribution < 1.29 is 22.7 Å². The van der Waals surface area contributed by atoms with E-state index in [2.05, 4.69) is 4.74 Å². The molecule has 0 bridgehead atoms. The lowest BCUT2D eigenvalue weighted by molar-refractivity contribution is 0.0600. The van der Waals surface area contributed by atoms with Crippen molar-refractivity contribution in [3.8, 4) is 0 Å². The predicted octanol–water partition coefficient (Wildman–Crippen LogP) is 2.77. The Labute approximate surface area is 140 Å². The van der Waals surface area contributed by atoms with Gasteiger partial charge in [-0.3, -0.25) is 4.79 Å². The van der Waals surface area contributed by atoms with E-state index in [9.17, 15) is 18.0 Å². The number of Topliss-reactive ketones (excluding diaryl/α,β-unsaturated/α-hetero) is 1. The molecule has 2 aromatic rings. The Hall–Kier alpha value is -2.67. The van der Waals surface area contributed by atoms with Gasteiger partial charge in [-0.05, 0) is 37.3 Å². The number of sulfonamides is 1. The SMILES string of the molecule is COC(=O)c1cc(C(C)=O)cc(N(c2ccccc2)S(C)(=O)=O)c1. The Bertz CT molecular complexity index is 875. The van der Waals surface area contributed by atoms with Crippen LogP contribution in [0.3, 0.4) is 0 Å². The molecular formula is C17H17NO5S. The Kier molecular flexibility index (Phi) is 5.04. The number of methoxy groups -OCH3 is 1. The van der Waals surface area contributed by atoms with Gasteiger partial charge in [0.15, 0.2) is 5.78 Å². The van der Waals surface area contributed by atoms with Crippen molar-refractivity contribution >= 4 is 33.2 Å². The largest absolute Gasteiger partial charge is 0.465 e. The minimum absolute atomic E-state index is 0.102. The van der Waals surface area contributed by atoms with Crippen LogP contribution in [0.15, 0.2) is 48.5 Å². The fourth-order valence-corrected chi connectivity index (χ4v) is 3.26. The fraction of sp³-hybridized carbons (Fsp3) is 0.176. The van der Waals surface area contributed by atoms with Gasteiger partial charge in [0, 0.05) is 5.56 Å². The van der Waals surface area contributed by atoms with Crippen LogP contribution in [0.4, 0.5) is 11.4 Å². The van der Waals surface area contributed by atoms with Crippen LogP contribution in [0.1, 0.15) is 27.6 Å². The average molecular weight is 347 g/mol. The molecule has 0 aromatic heterocycles. The summed E-state index contributed by atoms with van der Waals surface area (Å²) < 4.78 is 30.3. The Balaban J connectivity index is 2.72. The second kappa shape index (κ2) is 6.84. The molecule has 0 atom stereocenters. The normalized spacial score (nSPS) is 11.0. The zero-order chi connectivity index (χ0) is 17.9. The molecule has 0 fully saturated rings. The highest BCUT2D eigenvalue weighted by Crippen LogP contribution is 2.30. The highest BCUT2D eigenvalue weighted by atomic mass is 32.2. The van der Waals surface area contributed by atoms with Gasteiger partial charge in [-0.2, -0.15) is 0 Å². The first kappa shape index (κ1) is 17.7. The first-order valence-electron chi connectivity index (χ1n) is 7.03. The number of hydrogen-bond donors (Lipinski definition) is 0. The highest BCUT2D eigenvalue weighted by molar-refractivity contribution is 7.92. The molecular weight excluding hydrogens is 330 g/mol. The predicted molar refractivity (Wildman–Crippen MR) is 91.2 cm³/mol. The number of anilines is 2. The van der Waals surface area contributed by atoms with E-state index < -0.39 is 16.0 Å². The third kappa shape index (κ3) is 3.80. The first-order valence-corrected chi connectivity index (χ1v) is 8.88. The van der Waals surface area contributed by atoms with E-state index in [0.717, 1.165) is 10.6 Å². The number of esters is 1. The molecule has 6 nitrogen and oxygen atoms in total. The summed E-state index contributed by atoms with van der Waals surface area (Å²) >= 11 is 0. The van der Waals surface area contributed by atoms with Crippen LogP contribution in [0, 0.1) is 0 Å². The molecule has 24 heavy (non-hydrogen) atoms. The number of ether oxygens (including phenoxy) is 1. The van der Waals surface area contributed by atoms with Gasteiger partial charge in [0.1, 0.15) is 0 Å². The number of carbonyl (C=O) groups excluding carboxylic acids is 2. The van der Waals surface area contributed by atoms with Crippen molar-refractivity contribution in [2.45, 2.75) is 6.92 Å². The fourth-order valence-electron chi connectivity index (χ4n) is 2.26. The van der Waals surface area contributed by atoms with Crippen molar-refractivity contribution in [3.63, 3.8) is 0 Å². The summed E-state index contributed by atoms with van der Waals surface area (Å²) in [5.74, 6) is -0.940. The standard InChI is InChI=1S/C17H17NO5S/c1-12(19)13-9-14(17(20)23-2)11-16(10-13)18(24(3,21)22)15-7-5-4-6-8-15/h4-11H,1-3H3. The topological polar surface area (TPSA) is 80.8 Å². The van der Waals surface area contributed by atoms with E-state index in [4.69, 9.17) is 0 Å². The monoisotopic (exact) mass is 347 g/mol. The number of hydrogen-bond acceptors (Lipinski definition) is 5. The summed E-state index contributed by atoms with van der Waals surface area (Å²) in [6.07, 6.45) is 1.05. The van der Waals surface area contributed by atoms with E-state index in [1.807, 2.05) is 0 Å². The van der Waals surface area contributed by atoms with Gasteiger partial charge in [0.25, 0.3) is 0 Å². The Morgan fingerprint density at radius 3 is 2.04 bits per heavy atom. The molecule has 0 aliphatic carbocycles. The third-order valence-corrected chi connectivity index (χ3v) is 4.39. The average Bonchev–Trinajstić information content (AvgIpc) is 2.53. The zero-order valence-corrected chi connectivity index (χ0v) is 14.3. The smallest absolute Gasteiger partial charge is 0.337 e. The second-order valence-electron chi connectivity index (χ2n) is 5.18. The highest BCUT2D eigenvalue weighted by Gasteiger charge is 2.22. The molecule has 0 unspecified atom stereocenters. The van der Waals surface area contributed by atoms with Gasteiger partial charge < -0.3 is 4.74 Å². The number of benzene rings is 2. The van der Waals surface area contributed by atoms with Crippen molar-refractivity contribution in [2.24, 2.45) is 0 Å². The van der Waals surface area contributed by atoms with Gasteiger partial charge in [0.2, 0.25) is 10.0 Å². The summed E-state index contributed by atoms with van der Waals surface area (Å²) in [4.78, 5) is 23.6. The quantitative estimate of drug-likeness (QED) is 0.614. The number of nitrogens with zero attached hydrogens (tertiary/aromatic N) is 1. The van der Waals surface area contributed by atoms with Gasteiger partial charge in [-0.15, -0.1) is 0 Å². The lowest BCUT2D eigenvalue weighted by atomic mass is 10.1. The maximum atomic E-state index is 12.3. The lowest BCUT2D eigenvalue weighted by Crippen LogP contribution is -2.25. The molecule has 0 aliphatic heterocycles. The van der Waals surface area contributed by atoms with Crippen LogP contribution in [0.25, 0.3) is 0 Å². The van der Waals surface area contributed by atoms with Crippen LogP contribution in [0.2, 0.25) is 0 Å². The van der Waals surface area contributed by atoms with Gasteiger partial charge in [-0.25, -0.2) is 17.5 Å². The molecule has 0 heterocycles. The minimum Gasteiger partial charge on any atom is -0.465 e. The van der Waals surface area contributed by atoms with E-state index in [0.29, 0.717) is 5.69 Å². The van der Waals surface area contributed by atoms with Crippen molar-refractivity contribution in [2.75, 3.05) is 17.7 Å². The number of rotatable bonds is 5. The molecule has 0 aliphatic rings. The van der Waals surface area contributed by atoms with Crippen molar-refractivity contribution in [3.05, 3.63) is 59.7 Å². The Morgan fingerprint density at radius 2 is 1.54 bits per heavy atom. The number of carbonyl (C=O) groups is 2. The lowest BCUT2D eigenvalue weighted by Gasteiger charge is -2.23. The van der Waals surface area contributed by atoms with Crippen LogP contribution in [-0.2, 0) is 14.8 Å².